The maximum Gasteiger partial charge on any atom is 0.145 e. The van der Waals surface area contributed by atoms with Crippen molar-refractivity contribution in [2.75, 3.05) is 0 Å². The SMILES string of the molecule is CCC(C)[C@@H](O)[C@@H](N)c1c(F)ccc(Br)c1F. The fourth-order valence-corrected chi connectivity index (χ4v) is 1.96. The molecule has 0 fully saturated rings. The van der Waals surface area contributed by atoms with E-state index in [9.17, 15) is 13.9 Å². The first-order chi connectivity index (χ1) is 7.90. The van der Waals surface area contributed by atoms with Crippen molar-refractivity contribution in [1.82, 2.24) is 0 Å². The van der Waals surface area contributed by atoms with Gasteiger partial charge in [-0.3, -0.25) is 0 Å². The minimum atomic E-state index is -1.07. The number of benzene rings is 1. The Morgan fingerprint density at radius 2 is 2.00 bits per heavy atom. The molecule has 1 aromatic rings. The molecule has 0 aliphatic carbocycles. The molecule has 1 unspecified atom stereocenters. The molecule has 3 N–H and O–H groups in total. The zero-order valence-corrected chi connectivity index (χ0v) is 11.3. The molecular formula is C12H16BrF2NO. The molecule has 0 amide bonds. The van der Waals surface area contributed by atoms with Crippen LogP contribution in [0.5, 0.6) is 0 Å². The Balaban J connectivity index is 3.11. The molecule has 0 aliphatic heterocycles. The molecule has 0 aromatic heterocycles. The standard InChI is InChI=1S/C12H16BrF2NO/c1-3-6(2)12(17)11(16)9-8(14)5-4-7(13)10(9)15/h4-6,11-12,17H,3,16H2,1-2H3/t6?,11-,12+/m0/s1. The Hall–Kier alpha value is -0.520. The van der Waals surface area contributed by atoms with Gasteiger partial charge in [-0.2, -0.15) is 0 Å². The van der Waals surface area contributed by atoms with Gasteiger partial charge < -0.3 is 10.8 Å². The van der Waals surface area contributed by atoms with Crippen molar-refractivity contribution < 1.29 is 13.9 Å². The smallest absolute Gasteiger partial charge is 0.145 e. The molecule has 0 bridgehead atoms. The van der Waals surface area contributed by atoms with E-state index in [-0.39, 0.29) is 16.0 Å². The van der Waals surface area contributed by atoms with Crippen LogP contribution >= 0.6 is 15.9 Å². The van der Waals surface area contributed by atoms with Gasteiger partial charge in [0.05, 0.1) is 16.6 Å². The second-order valence-corrected chi connectivity index (χ2v) is 5.01. The lowest BCUT2D eigenvalue weighted by Crippen LogP contribution is -2.33. The number of aliphatic hydroxyl groups is 1. The van der Waals surface area contributed by atoms with E-state index < -0.39 is 23.8 Å². The van der Waals surface area contributed by atoms with Gasteiger partial charge in [0.2, 0.25) is 0 Å². The Morgan fingerprint density at radius 3 is 2.53 bits per heavy atom. The summed E-state index contributed by atoms with van der Waals surface area (Å²) in [4.78, 5) is 0. The summed E-state index contributed by atoms with van der Waals surface area (Å²) in [6.07, 6.45) is -0.287. The van der Waals surface area contributed by atoms with Crippen LogP contribution in [0.2, 0.25) is 0 Å². The maximum absolute atomic E-state index is 13.8. The molecule has 0 heterocycles. The fourth-order valence-electron chi connectivity index (χ4n) is 1.61. The largest absolute Gasteiger partial charge is 0.391 e. The first-order valence-corrected chi connectivity index (χ1v) is 6.26. The van der Waals surface area contributed by atoms with Crippen LogP contribution in [0, 0.1) is 17.6 Å². The molecule has 0 spiro atoms. The molecule has 3 atom stereocenters. The van der Waals surface area contributed by atoms with E-state index >= 15 is 0 Å². The highest BCUT2D eigenvalue weighted by Crippen LogP contribution is 2.29. The van der Waals surface area contributed by atoms with E-state index in [4.69, 9.17) is 5.73 Å². The lowest BCUT2D eigenvalue weighted by atomic mass is 9.91. The molecule has 0 aliphatic rings. The monoisotopic (exact) mass is 307 g/mol. The second-order valence-electron chi connectivity index (χ2n) is 4.16. The number of hydrogen-bond acceptors (Lipinski definition) is 2. The van der Waals surface area contributed by atoms with E-state index in [1.807, 2.05) is 6.92 Å². The zero-order chi connectivity index (χ0) is 13.2. The fraction of sp³-hybridized carbons (Fsp3) is 0.500. The summed E-state index contributed by atoms with van der Waals surface area (Å²) in [7, 11) is 0. The second kappa shape index (κ2) is 5.89. The van der Waals surface area contributed by atoms with Gasteiger partial charge in [0.1, 0.15) is 11.6 Å². The quantitative estimate of drug-likeness (QED) is 0.840. The summed E-state index contributed by atoms with van der Waals surface area (Å²) in [5.74, 6) is -1.61. The van der Waals surface area contributed by atoms with Crippen molar-refractivity contribution in [3.05, 3.63) is 33.8 Å². The molecule has 0 saturated heterocycles. The van der Waals surface area contributed by atoms with Crippen molar-refractivity contribution in [2.24, 2.45) is 11.7 Å². The molecule has 1 aromatic carbocycles. The van der Waals surface area contributed by atoms with Gasteiger partial charge >= 0.3 is 0 Å². The first-order valence-electron chi connectivity index (χ1n) is 5.47. The highest BCUT2D eigenvalue weighted by atomic mass is 79.9. The van der Waals surface area contributed by atoms with Crippen molar-refractivity contribution in [2.45, 2.75) is 32.4 Å². The summed E-state index contributed by atoms with van der Waals surface area (Å²) >= 11 is 2.97. The van der Waals surface area contributed by atoms with Crippen LogP contribution in [0.3, 0.4) is 0 Å². The summed E-state index contributed by atoms with van der Waals surface area (Å²) in [5, 5.41) is 9.91. The average Bonchev–Trinajstić information content (AvgIpc) is 2.32. The molecule has 17 heavy (non-hydrogen) atoms. The Morgan fingerprint density at radius 1 is 1.41 bits per heavy atom. The van der Waals surface area contributed by atoms with E-state index in [0.29, 0.717) is 6.42 Å². The van der Waals surface area contributed by atoms with Gasteiger partial charge in [-0.05, 0) is 34.0 Å². The molecule has 1 rings (SSSR count). The number of hydrogen-bond donors (Lipinski definition) is 2. The molecule has 5 heteroatoms. The predicted molar refractivity (Wildman–Crippen MR) is 66.4 cm³/mol. The van der Waals surface area contributed by atoms with Gasteiger partial charge in [0, 0.05) is 5.56 Å². The summed E-state index contributed by atoms with van der Waals surface area (Å²) in [6, 6.07) is 1.34. The first kappa shape index (κ1) is 14.5. The van der Waals surface area contributed by atoms with E-state index in [0.717, 1.165) is 6.07 Å². The lowest BCUT2D eigenvalue weighted by Gasteiger charge is -2.25. The number of halogens is 3. The minimum Gasteiger partial charge on any atom is -0.391 e. The Bertz CT molecular complexity index is 400. The predicted octanol–water partition coefficient (Wildman–Crippen LogP) is 3.13. The van der Waals surface area contributed by atoms with Gasteiger partial charge in [-0.15, -0.1) is 0 Å². The van der Waals surface area contributed by atoms with Crippen LogP contribution in [0.1, 0.15) is 31.9 Å². The lowest BCUT2D eigenvalue weighted by molar-refractivity contribution is 0.0853. The third-order valence-corrected chi connectivity index (χ3v) is 3.62. The van der Waals surface area contributed by atoms with Crippen LogP contribution in [0.25, 0.3) is 0 Å². The van der Waals surface area contributed by atoms with Crippen LogP contribution < -0.4 is 5.73 Å². The van der Waals surface area contributed by atoms with Crippen LogP contribution in [0.15, 0.2) is 16.6 Å². The summed E-state index contributed by atoms with van der Waals surface area (Å²) in [6.45, 7) is 3.67. The normalized spacial score (nSPS) is 16.6. The third kappa shape index (κ3) is 3.03. The van der Waals surface area contributed by atoms with Crippen molar-refractivity contribution in [3.63, 3.8) is 0 Å². The minimum absolute atomic E-state index is 0.122. The van der Waals surface area contributed by atoms with Gasteiger partial charge in [-0.25, -0.2) is 8.78 Å². The number of nitrogens with two attached hydrogens (primary N) is 1. The third-order valence-electron chi connectivity index (χ3n) is 3.01. The zero-order valence-electron chi connectivity index (χ0n) is 9.75. The van der Waals surface area contributed by atoms with E-state index in [1.54, 1.807) is 6.92 Å². The van der Waals surface area contributed by atoms with Crippen molar-refractivity contribution >= 4 is 15.9 Å². The van der Waals surface area contributed by atoms with E-state index in [2.05, 4.69) is 15.9 Å². The molecule has 96 valence electrons. The maximum atomic E-state index is 13.8. The Labute approximate surface area is 108 Å². The van der Waals surface area contributed by atoms with Gasteiger partial charge in [0.25, 0.3) is 0 Å². The average molecular weight is 308 g/mol. The van der Waals surface area contributed by atoms with Crippen molar-refractivity contribution in [3.8, 4) is 0 Å². The summed E-state index contributed by atoms with van der Waals surface area (Å²) in [5.41, 5.74) is 5.46. The molecule has 2 nitrogen and oxygen atoms in total. The topological polar surface area (TPSA) is 46.2 Å². The van der Waals surface area contributed by atoms with Crippen molar-refractivity contribution in [1.29, 1.82) is 0 Å². The number of rotatable bonds is 4. The van der Waals surface area contributed by atoms with E-state index in [1.165, 1.54) is 6.07 Å². The Kier molecular flexibility index (Phi) is 5.04. The molecule has 0 saturated carbocycles. The highest BCUT2D eigenvalue weighted by Gasteiger charge is 2.27. The van der Waals surface area contributed by atoms with Crippen LogP contribution in [-0.2, 0) is 0 Å². The summed E-state index contributed by atoms with van der Waals surface area (Å²) < 4.78 is 27.5. The van der Waals surface area contributed by atoms with Gasteiger partial charge in [-0.1, -0.05) is 20.3 Å². The van der Waals surface area contributed by atoms with Gasteiger partial charge in [0.15, 0.2) is 0 Å². The molecular weight excluding hydrogens is 292 g/mol. The van der Waals surface area contributed by atoms with Crippen LogP contribution in [0.4, 0.5) is 8.78 Å². The molecule has 0 radical (unpaired) electrons. The number of aliphatic hydroxyl groups excluding tert-OH is 1. The highest BCUT2D eigenvalue weighted by molar-refractivity contribution is 9.10. The van der Waals surface area contributed by atoms with Crippen LogP contribution in [-0.4, -0.2) is 11.2 Å².